The Bertz CT molecular complexity index is 5690. The van der Waals surface area contributed by atoms with Crippen molar-refractivity contribution >= 4 is 122 Å². The molecular weight excluding hydrogens is 1050 g/mol. The second-order valence-corrected chi connectivity index (χ2v) is 24.0. The molecule has 1 aliphatic carbocycles. The summed E-state index contributed by atoms with van der Waals surface area (Å²) in [4.78, 5) is 2.52. The van der Waals surface area contributed by atoms with Gasteiger partial charge in [0.1, 0.15) is 33.8 Å². The minimum absolute atomic E-state index is 0.116. The largest absolute Gasteiger partial charge is 0.458 e. The summed E-state index contributed by atoms with van der Waals surface area (Å²) in [6.45, 7) is 2.15. The number of allylic oxidation sites excluding steroid dienone is 2. The number of benzene rings is 12. The van der Waals surface area contributed by atoms with Crippen LogP contribution in [0.1, 0.15) is 12.5 Å². The van der Waals surface area contributed by atoms with Gasteiger partial charge in [-0.2, -0.15) is 0 Å². The molecule has 2 atom stereocenters. The molecular formula is C79H48BN3O3. The van der Waals surface area contributed by atoms with E-state index in [4.69, 9.17) is 13.6 Å². The van der Waals surface area contributed by atoms with Gasteiger partial charge < -0.3 is 27.6 Å². The van der Waals surface area contributed by atoms with E-state index in [0.29, 0.717) is 0 Å². The minimum atomic E-state index is -0.216. The molecule has 0 bridgehead atoms. The van der Waals surface area contributed by atoms with Gasteiger partial charge in [0.2, 0.25) is 0 Å². The number of fused-ring (bicyclic) bond motifs is 21. The number of anilines is 2. The van der Waals surface area contributed by atoms with Gasteiger partial charge >= 0.3 is 0 Å². The summed E-state index contributed by atoms with van der Waals surface area (Å²) in [7, 11) is 0. The van der Waals surface area contributed by atoms with Gasteiger partial charge in [-0.15, -0.1) is 0 Å². The second kappa shape index (κ2) is 16.8. The van der Waals surface area contributed by atoms with Crippen molar-refractivity contribution in [2.45, 2.75) is 18.4 Å². The van der Waals surface area contributed by atoms with E-state index in [-0.39, 0.29) is 18.2 Å². The van der Waals surface area contributed by atoms with E-state index in [1.165, 1.54) is 27.5 Å². The SMILES string of the molecule is CC12C=CC=CC1N(c1ccc3oc4c(ccc5c4c4c6oc7ccc(-n8c9ccccc9c9ccccc98)cc7c6cc6c4n5-c4cc(-c5ccccc5-c5ccccc5)cc5c4B6c4cc(-c6ccccc6)ccc4O5)c3c1)c1ccccc12. The molecule has 4 aliphatic rings. The summed E-state index contributed by atoms with van der Waals surface area (Å²) in [6, 6.07) is 88.7. The summed E-state index contributed by atoms with van der Waals surface area (Å²) in [5, 5.41) is 8.72. The normalized spacial score (nSPS) is 16.3. The highest BCUT2D eigenvalue weighted by Crippen LogP contribution is 2.53. The molecule has 4 aromatic heterocycles. The lowest BCUT2D eigenvalue weighted by Crippen LogP contribution is -2.58. The molecule has 86 heavy (non-hydrogen) atoms. The number of aromatic nitrogens is 2. The number of rotatable bonds is 5. The van der Waals surface area contributed by atoms with Crippen LogP contribution < -0.4 is 26.0 Å². The zero-order chi connectivity index (χ0) is 56.1. The molecule has 2 unspecified atom stereocenters. The van der Waals surface area contributed by atoms with Crippen molar-refractivity contribution in [3.63, 3.8) is 0 Å². The van der Waals surface area contributed by atoms with E-state index >= 15 is 0 Å². The molecule has 0 spiro atoms. The molecule has 7 heterocycles. The fourth-order valence-corrected chi connectivity index (χ4v) is 15.8. The first-order valence-electron chi connectivity index (χ1n) is 29.8. The zero-order valence-corrected chi connectivity index (χ0v) is 46.6. The summed E-state index contributed by atoms with van der Waals surface area (Å²) in [5.74, 6) is 1.69. The van der Waals surface area contributed by atoms with Crippen LogP contribution in [0.15, 0.2) is 276 Å². The molecule has 16 aromatic rings. The van der Waals surface area contributed by atoms with Crippen molar-refractivity contribution in [2.75, 3.05) is 4.90 Å². The van der Waals surface area contributed by atoms with Crippen molar-refractivity contribution < 1.29 is 13.6 Å². The summed E-state index contributed by atoms with van der Waals surface area (Å²) >= 11 is 0. The van der Waals surface area contributed by atoms with Crippen LogP contribution in [0.3, 0.4) is 0 Å². The Kier molecular flexibility index (Phi) is 9.10. The third-order valence-electron chi connectivity index (χ3n) is 19.6. The van der Waals surface area contributed by atoms with Crippen LogP contribution in [0.5, 0.6) is 11.5 Å². The van der Waals surface area contributed by atoms with Crippen molar-refractivity contribution in [3.05, 3.63) is 273 Å². The molecule has 0 fully saturated rings. The Balaban J connectivity index is 0.909. The van der Waals surface area contributed by atoms with Gasteiger partial charge in [-0.25, -0.2) is 0 Å². The van der Waals surface area contributed by atoms with Crippen LogP contribution in [0.2, 0.25) is 0 Å². The van der Waals surface area contributed by atoms with Crippen LogP contribution in [-0.4, -0.2) is 21.9 Å². The average Bonchev–Trinajstić information content (AvgIpc) is 1.55. The number of ether oxygens (including phenoxy) is 1. The lowest BCUT2D eigenvalue weighted by Gasteiger charge is -2.34. The van der Waals surface area contributed by atoms with E-state index in [0.717, 1.165) is 150 Å². The molecule has 0 N–H and O–H groups in total. The van der Waals surface area contributed by atoms with Crippen LogP contribution >= 0.6 is 0 Å². The van der Waals surface area contributed by atoms with E-state index in [9.17, 15) is 0 Å². The van der Waals surface area contributed by atoms with Crippen LogP contribution in [0.25, 0.3) is 132 Å². The first kappa shape index (κ1) is 46.5. The second-order valence-electron chi connectivity index (χ2n) is 24.0. The van der Waals surface area contributed by atoms with Gasteiger partial charge in [0.05, 0.1) is 38.9 Å². The molecule has 0 radical (unpaired) electrons. The van der Waals surface area contributed by atoms with Crippen molar-refractivity contribution in [1.29, 1.82) is 0 Å². The quantitative estimate of drug-likeness (QED) is 0.161. The maximum absolute atomic E-state index is 7.45. The number of hydrogen-bond donors (Lipinski definition) is 0. The first-order valence-corrected chi connectivity index (χ1v) is 29.8. The Hall–Kier alpha value is -11.0. The van der Waals surface area contributed by atoms with Gasteiger partial charge in [0, 0.05) is 60.5 Å². The van der Waals surface area contributed by atoms with Crippen molar-refractivity contribution in [3.8, 4) is 56.3 Å². The maximum atomic E-state index is 7.45. The molecule has 0 amide bonds. The van der Waals surface area contributed by atoms with Gasteiger partial charge in [-0.1, -0.05) is 182 Å². The third-order valence-corrected chi connectivity index (χ3v) is 19.6. The predicted octanol–water partition coefficient (Wildman–Crippen LogP) is 18.5. The fourth-order valence-electron chi connectivity index (χ4n) is 15.8. The molecule has 7 heteroatoms. The molecule has 20 rings (SSSR count). The molecule has 0 saturated carbocycles. The molecule has 400 valence electrons. The molecule has 12 aromatic carbocycles. The van der Waals surface area contributed by atoms with E-state index in [1.807, 2.05) is 0 Å². The highest BCUT2D eigenvalue weighted by Gasteiger charge is 2.47. The molecule has 3 aliphatic heterocycles. The van der Waals surface area contributed by atoms with Gasteiger partial charge in [0.25, 0.3) is 6.71 Å². The Morgan fingerprint density at radius 3 is 1.87 bits per heavy atom. The highest BCUT2D eigenvalue weighted by molar-refractivity contribution is 6.99. The van der Waals surface area contributed by atoms with Crippen molar-refractivity contribution in [2.24, 2.45) is 0 Å². The predicted molar refractivity (Wildman–Crippen MR) is 355 cm³/mol. The van der Waals surface area contributed by atoms with Gasteiger partial charge in [-0.05, 0) is 147 Å². The Morgan fingerprint density at radius 1 is 0.419 bits per heavy atom. The number of hydrogen-bond acceptors (Lipinski definition) is 4. The average molecular weight is 1100 g/mol. The minimum Gasteiger partial charge on any atom is -0.458 e. The van der Waals surface area contributed by atoms with Crippen LogP contribution in [-0.2, 0) is 5.41 Å². The number of furan rings is 2. The summed E-state index contributed by atoms with van der Waals surface area (Å²) in [6.07, 6.45) is 9.11. The summed E-state index contributed by atoms with van der Waals surface area (Å²) in [5.41, 5.74) is 23.7. The first-order chi connectivity index (χ1) is 42.5. The van der Waals surface area contributed by atoms with E-state index in [1.54, 1.807) is 0 Å². The van der Waals surface area contributed by atoms with E-state index < -0.39 is 0 Å². The molecule has 6 nitrogen and oxygen atoms in total. The standard InChI is InChI=1S/C79H48BN3O3/c1-79-39-17-16-30-72(79)82(65-29-15-12-26-60(65)79)51-33-38-68-57(44-51)56-34-35-66-73(77(56)85-68)74-76-62(45-59-58-43-50(32-37-69(58)86-78(59)74)81-63-27-13-10-24-54(63)55-25-11-14-28-64(55)81)80-61-40-48(46-18-4-2-5-19-46)31-36-70(61)84-71-42-49(41-67(75(71)80)83(66)76)53-23-9-8-22-52(53)47-20-6-3-7-21-47/h2-45,72H,1H3. The number of para-hydroxylation sites is 3. The number of nitrogens with zero attached hydrogens (tertiary/aromatic N) is 3. The topological polar surface area (TPSA) is 48.6 Å². The Labute approximate surface area is 494 Å². The van der Waals surface area contributed by atoms with Crippen LogP contribution in [0, 0.1) is 0 Å². The monoisotopic (exact) mass is 1100 g/mol. The lowest BCUT2D eigenvalue weighted by atomic mass is 9.34. The fraction of sp³-hybridized carbons (Fsp3) is 0.0380. The van der Waals surface area contributed by atoms with Gasteiger partial charge in [-0.3, -0.25) is 0 Å². The smallest absolute Gasteiger partial charge is 0.256 e. The maximum Gasteiger partial charge on any atom is 0.256 e. The van der Waals surface area contributed by atoms with E-state index in [2.05, 4.69) is 288 Å². The van der Waals surface area contributed by atoms with Gasteiger partial charge in [0.15, 0.2) is 0 Å². The zero-order valence-electron chi connectivity index (χ0n) is 46.6. The highest BCUT2D eigenvalue weighted by atomic mass is 16.5. The summed E-state index contributed by atoms with van der Waals surface area (Å²) < 4.78 is 27.1. The Morgan fingerprint density at radius 2 is 1.08 bits per heavy atom. The van der Waals surface area contributed by atoms with Crippen molar-refractivity contribution in [1.82, 2.24) is 9.13 Å². The third kappa shape index (κ3) is 6.10. The lowest BCUT2D eigenvalue weighted by molar-refractivity contribution is 0.487. The van der Waals surface area contributed by atoms with Crippen LogP contribution in [0.4, 0.5) is 11.4 Å². The molecule has 0 saturated heterocycles.